The van der Waals surface area contributed by atoms with Gasteiger partial charge >= 0.3 is 0 Å². The second-order valence-corrected chi connectivity index (χ2v) is 6.70. The summed E-state index contributed by atoms with van der Waals surface area (Å²) in [5.74, 6) is 1.09. The van der Waals surface area contributed by atoms with Gasteiger partial charge in [0.25, 0.3) is 5.56 Å². The Bertz CT molecular complexity index is 602. The molecule has 1 saturated heterocycles. The number of rotatable bonds is 5. The topological polar surface area (TPSA) is 75.3 Å². The van der Waals surface area contributed by atoms with E-state index >= 15 is 0 Å². The highest BCUT2D eigenvalue weighted by Crippen LogP contribution is 2.16. The van der Waals surface area contributed by atoms with E-state index in [4.69, 9.17) is 4.74 Å². The van der Waals surface area contributed by atoms with Crippen molar-refractivity contribution < 1.29 is 9.53 Å². The Morgan fingerprint density at radius 1 is 1.35 bits per heavy atom. The first-order chi connectivity index (χ1) is 10.9. The van der Waals surface area contributed by atoms with E-state index in [1.165, 1.54) is 0 Å². The lowest BCUT2D eigenvalue weighted by Gasteiger charge is -2.32. The zero-order valence-corrected chi connectivity index (χ0v) is 14.5. The molecule has 128 valence electrons. The third-order valence-electron chi connectivity index (χ3n) is 4.13. The molecule has 1 amide bonds. The number of amides is 1. The smallest absolute Gasteiger partial charge is 0.254 e. The molecule has 2 rings (SSSR count). The lowest BCUT2D eigenvalue weighted by Crippen LogP contribution is -2.42. The fraction of sp³-hybridized carbons (Fsp3) is 0.706. The van der Waals surface area contributed by atoms with Crippen LogP contribution in [0.1, 0.15) is 43.8 Å². The summed E-state index contributed by atoms with van der Waals surface area (Å²) in [7, 11) is 0. The van der Waals surface area contributed by atoms with Gasteiger partial charge in [0.15, 0.2) is 0 Å². The molecular formula is C17H27N3O3. The molecule has 1 aliphatic heterocycles. The zero-order chi connectivity index (χ0) is 17.0. The molecule has 0 aromatic carbocycles. The second kappa shape index (κ2) is 7.73. The Balaban J connectivity index is 1.90. The summed E-state index contributed by atoms with van der Waals surface area (Å²) in [6.45, 7) is 9.93. The molecule has 0 atom stereocenters. The molecule has 0 aliphatic carbocycles. The van der Waals surface area contributed by atoms with Crippen LogP contribution < -0.4 is 5.56 Å². The number of hydrogen-bond acceptors (Lipinski definition) is 4. The lowest BCUT2D eigenvalue weighted by molar-refractivity contribution is -0.133. The number of aryl methyl sites for hydroxylation is 2. The van der Waals surface area contributed by atoms with Crippen LogP contribution in [0.4, 0.5) is 0 Å². The van der Waals surface area contributed by atoms with Gasteiger partial charge in [-0.1, -0.05) is 13.8 Å². The Morgan fingerprint density at radius 3 is 2.57 bits per heavy atom. The average Bonchev–Trinajstić information content (AvgIpc) is 2.49. The molecular weight excluding hydrogens is 294 g/mol. The van der Waals surface area contributed by atoms with E-state index in [0.29, 0.717) is 36.1 Å². The summed E-state index contributed by atoms with van der Waals surface area (Å²) in [4.78, 5) is 33.2. The van der Waals surface area contributed by atoms with Crippen LogP contribution in [0.2, 0.25) is 0 Å². The van der Waals surface area contributed by atoms with Gasteiger partial charge in [-0.2, -0.15) is 0 Å². The highest BCUT2D eigenvalue weighted by molar-refractivity contribution is 5.79. The third kappa shape index (κ3) is 4.89. The monoisotopic (exact) mass is 321 g/mol. The van der Waals surface area contributed by atoms with E-state index in [-0.39, 0.29) is 24.0 Å². The number of ether oxygens (including phenoxy) is 1. The highest BCUT2D eigenvalue weighted by atomic mass is 16.5. The van der Waals surface area contributed by atoms with E-state index in [1.54, 1.807) is 13.8 Å². The molecule has 0 radical (unpaired) electrons. The minimum absolute atomic E-state index is 0.00781. The summed E-state index contributed by atoms with van der Waals surface area (Å²) >= 11 is 0. The van der Waals surface area contributed by atoms with E-state index in [9.17, 15) is 9.59 Å². The molecule has 1 aliphatic rings. The second-order valence-electron chi connectivity index (χ2n) is 6.70. The minimum atomic E-state index is -0.210. The van der Waals surface area contributed by atoms with Crippen LogP contribution in [0.3, 0.4) is 0 Å². The number of carbonyl (C=O) groups excluding carboxylic acids is 1. The maximum Gasteiger partial charge on any atom is 0.254 e. The first-order valence-corrected chi connectivity index (χ1v) is 8.32. The largest absolute Gasteiger partial charge is 0.378 e. The van der Waals surface area contributed by atoms with Gasteiger partial charge in [-0.05, 0) is 32.6 Å². The van der Waals surface area contributed by atoms with Crippen molar-refractivity contribution in [2.45, 2.75) is 53.1 Å². The van der Waals surface area contributed by atoms with E-state index in [0.717, 1.165) is 19.4 Å². The third-order valence-corrected chi connectivity index (χ3v) is 4.13. The molecule has 1 N–H and O–H groups in total. The summed E-state index contributed by atoms with van der Waals surface area (Å²) < 4.78 is 5.84. The number of nitrogens with one attached hydrogen (secondary N) is 1. The SMILES string of the molecule is Cc1nc(C)c(CC(=O)N2CCC(OCC(C)C)CC2)c(=O)[nH]1. The molecule has 0 saturated carbocycles. The van der Waals surface area contributed by atoms with Crippen LogP contribution in [0.25, 0.3) is 0 Å². The molecule has 0 unspecified atom stereocenters. The van der Waals surface area contributed by atoms with Crippen LogP contribution in [0.15, 0.2) is 4.79 Å². The van der Waals surface area contributed by atoms with E-state index in [1.807, 2.05) is 4.90 Å². The predicted molar refractivity (Wildman–Crippen MR) is 88.4 cm³/mol. The molecule has 0 spiro atoms. The van der Waals surface area contributed by atoms with Gasteiger partial charge in [-0.15, -0.1) is 0 Å². The van der Waals surface area contributed by atoms with Gasteiger partial charge < -0.3 is 14.6 Å². The number of piperidine rings is 1. The number of H-pyrrole nitrogens is 1. The molecule has 1 aromatic rings. The lowest BCUT2D eigenvalue weighted by atomic mass is 10.1. The standard InChI is InChI=1S/C17H27N3O3/c1-11(2)10-23-14-5-7-20(8-6-14)16(21)9-15-12(3)18-13(4)19-17(15)22/h11,14H,5-10H2,1-4H3,(H,18,19,22). The van der Waals surface area contributed by atoms with Crippen molar-refractivity contribution in [1.82, 2.24) is 14.9 Å². The molecule has 2 heterocycles. The summed E-state index contributed by atoms with van der Waals surface area (Å²) in [6, 6.07) is 0. The van der Waals surface area contributed by atoms with Gasteiger partial charge in [-0.25, -0.2) is 4.98 Å². The Hall–Kier alpha value is -1.69. The molecule has 6 heteroatoms. The fourth-order valence-corrected chi connectivity index (χ4v) is 2.82. The van der Waals surface area contributed by atoms with Crippen molar-refractivity contribution in [2.24, 2.45) is 5.92 Å². The number of likely N-dealkylation sites (tertiary alicyclic amines) is 1. The Labute approximate surface area is 137 Å². The summed E-state index contributed by atoms with van der Waals surface area (Å²) in [6.07, 6.45) is 2.08. The number of aromatic amines is 1. The van der Waals surface area contributed by atoms with Gasteiger partial charge in [0.1, 0.15) is 5.82 Å². The quantitative estimate of drug-likeness (QED) is 0.893. The number of hydrogen-bond donors (Lipinski definition) is 1. The van der Waals surface area contributed by atoms with Gasteiger partial charge in [0, 0.05) is 31.0 Å². The minimum Gasteiger partial charge on any atom is -0.378 e. The fourth-order valence-electron chi connectivity index (χ4n) is 2.82. The Kier molecular flexibility index (Phi) is 5.93. The van der Waals surface area contributed by atoms with Crippen molar-refractivity contribution in [3.8, 4) is 0 Å². The first kappa shape index (κ1) is 17.7. The van der Waals surface area contributed by atoms with Crippen molar-refractivity contribution >= 4 is 5.91 Å². The van der Waals surface area contributed by atoms with Crippen LogP contribution in [0.5, 0.6) is 0 Å². The zero-order valence-electron chi connectivity index (χ0n) is 14.5. The normalized spacial score (nSPS) is 16.1. The van der Waals surface area contributed by atoms with Gasteiger partial charge in [-0.3, -0.25) is 9.59 Å². The van der Waals surface area contributed by atoms with Crippen LogP contribution in [-0.4, -0.2) is 46.6 Å². The molecule has 1 fully saturated rings. The molecule has 6 nitrogen and oxygen atoms in total. The van der Waals surface area contributed by atoms with Crippen molar-refractivity contribution in [3.05, 3.63) is 27.4 Å². The highest BCUT2D eigenvalue weighted by Gasteiger charge is 2.24. The van der Waals surface area contributed by atoms with Crippen LogP contribution in [0, 0.1) is 19.8 Å². The number of carbonyl (C=O) groups is 1. The first-order valence-electron chi connectivity index (χ1n) is 8.32. The van der Waals surface area contributed by atoms with Crippen molar-refractivity contribution in [3.63, 3.8) is 0 Å². The maximum atomic E-state index is 12.4. The van der Waals surface area contributed by atoms with E-state index in [2.05, 4.69) is 23.8 Å². The number of aromatic nitrogens is 2. The van der Waals surface area contributed by atoms with Gasteiger partial charge in [0.2, 0.25) is 5.91 Å². The van der Waals surface area contributed by atoms with E-state index < -0.39 is 0 Å². The van der Waals surface area contributed by atoms with Crippen molar-refractivity contribution in [2.75, 3.05) is 19.7 Å². The maximum absolute atomic E-state index is 12.4. The number of nitrogens with zero attached hydrogens (tertiary/aromatic N) is 2. The van der Waals surface area contributed by atoms with Crippen LogP contribution in [-0.2, 0) is 16.0 Å². The summed E-state index contributed by atoms with van der Waals surface area (Å²) in [5, 5.41) is 0. The molecule has 23 heavy (non-hydrogen) atoms. The Morgan fingerprint density at radius 2 is 2.00 bits per heavy atom. The molecule has 0 bridgehead atoms. The molecule has 1 aromatic heterocycles. The van der Waals surface area contributed by atoms with Crippen LogP contribution >= 0.6 is 0 Å². The van der Waals surface area contributed by atoms with Crippen molar-refractivity contribution in [1.29, 1.82) is 0 Å². The van der Waals surface area contributed by atoms with Gasteiger partial charge in [0.05, 0.1) is 12.5 Å². The summed E-state index contributed by atoms with van der Waals surface area (Å²) in [5.41, 5.74) is 0.895. The average molecular weight is 321 g/mol. The predicted octanol–water partition coefficient (Wildman–Crippen LogP) is 1.59.